The molecule has 2 N–H and O–H groups in total. The van der Waals surface area contributed by atoms with Crippen LogP contribution in [0.5, 0.6) is 0 Å². The van der Waals surface area contributed by atoms with E-state index in [1.807, 2.05) is 38.1 Å². The molecule has 1 aliphatic rings. The summed E-state index contributed by atoms with van der Waals surface area (Å²) < 4.78 is 5.40. The number of hydrogen-bond donors (Lipinski definition) is 2. The van der Waals surface area contributed by atoms with Gasteiger partial charge in [-0.25, -0.2) is 0 Å². The van der Waals surface area contributed by atoms with E-state index < -0.39 is 0 Å². The van der Waals surface area contributed by atoms with Gasteiger partial charge in [-0.05, 0) is 74.2 Å². The number of amides is 1. The first-order valence-corrected chi connectivity index (χ1v) is 10.5. The number of carbonyl (C=O) groups is 1. The molecule has 1 amide bonds. The summed E-state index contributed by atoms with van der Waals surface area (Å²) in [5, 5.41) is 6.24. The van der Waals surface area contributed by atoms with Crippen molar-refractivity contribution in [1.29, 1.82) is 0 Å². The van der Waals surface area contributed by atoms with E-state index in [4.69, 9.17) is 4.74 Å². The van der Waals surface area contributed by atoms with Crippen molar-refractivity contribution in [3.8, 4) is 0 Å². The summed E-state index contributed by atoms with van der Waals surface area (Å²) in [4.78, 5) is 19.8. The minimum absolute atomic E-state index is 0.167. The fraction of sp³-hybridized carbons (Fsp3) is 0.417. The van der Waals surface area contributed by atoms with Crippen LogP contribution in [0.4, 0.5) is 5.69 Å². The molecule has 2 aromatic carbocycles. The number of guanidine groups is 1. The van der Waals surface area contributed by atoms with Crippen molar-refractivity contribution in [2.45, 2.75) is 27.7 Å². The lowest BCUT2D eigenvalue weighted by atomic mass is 10.1. The maximum atomic E-state index is 12.8. The molecule has 2 aromatic rings. The second-order valence-electron chi connectivity index (χ2n) is 7.86. The molecule has 0 spiro atoms. The highest BCUT2D eigenvalue weighted by molar-refractivity contribution is 6.10. The normalized spacial score (nSPS) is 15.1. The Morgan fingerprint density at radius 1 is 0.967 bits per heavy atom. The summed E-state index contributed by atoms with van der Waals surface area (Å²) in [6.07, 6.45) is 0. The van der Waals surface area contributed by atoms with Gasteiger partial charge in [-0.2, -0.15) is 0 Å². The van der Waals surface area contributed by atoms with Crippen LogP contribution in [0.15, 0.2) is 41.4 Å². The van der Waals surface area contributed by atoms with Crippen LogP contribution in [0.3, 0.4) is 0 Å². The third-order valence-corrected chi connectivity index (χ3v) is 5.56. The number of nitrogens with zero attached hydrogens (tertiary/aromatic N) is 2. The van der Waals surface area contributed by atoms with Crippen LogP contribution in [0.25, 0.3) is 0 Å². The molecule has 3 rings (SSSR count). The van der Waals surface area contributed by atoms with Gasteiger partial charge in [0.15, 0.2) is 0 Å². The number of nitrogens with one attached hydrogen (secondary N) is 2. The van der Waals surface area contributed by atoms with Gasteiger partial charge < -0.3 is 10.1 Å². The van der Waals surface area contributed by atoms with E-state index in [-0.39, 0.29) is 5.91 Å². The van der Waals surface area contributed by atoms with Crippen molar-refractivity contribution in [2.75, 3.05) is 44.7 Å². The van der Waals surface area contributed by atoms with Crippen LogP contribution >= 0.6 is 0 Å². The van der Waals surface area contributed by atoms with Gasteiger partial charge in [0.2, 0.25) is 5.96 Å². The third-order valence-electron chi connectivity index (χ3n) is 5.56. The van der Waals surface area contributed by atoms with E-state index in [2.05, 4.69) is 46.5 Å². The predicted molar refractivity (Wildman–Crippen MR) is 122 cm³/mol. The van der Waals surface area contributed by atoms with Crippen LogP contribution in [0, 0.1) is 27.7 Å². The number of aliphatic imine (C=N–C) groups is 1. The van der Waals surface area contributed by atoms with E-state index in [0.717, 1.165) is 44.1 Å². The van der Waals surface area contributed by atoms with Gasteiger partial charge in [0, 0.05) is 30.9 Å². The van der Waals surface area contributed by atoms with Crippen LogP contribution < -0.4 is 10.6 Å². The second-order valence-corrected chi connectivity index (χ2v) is 7.86. The molecule has 0 aromatic heterocycles. The molecular weight excluding hydrogens is 376 g/mol. The second kappa shape index (κ2) is 10.4. The van der Waals surface area contributed by atoms with Crippen molar-refractivity contribution < 1.29 is 9.53 Å². The number of morpholine rings is 1. The van der Waals surface area contributed by atoms with E-state index in [0.29, 0.717) is 18.1 Å². The molecule has 1 saturated heterocycles. The van der Waals surface area contributed by atoms with Crippen molar-refractivity contribution in [3.63, 3.8) is 0 Å². The first-order chi connectivity index (χ1) is 14.4. The number of ether oxygens (including phenoxy) is 1. The lowest BCUT2D eigenvalue weighted by molar-refractivity contribution is 0.0394. The highest BCUT2D eigenvalue weighted by atomic mass is 16.5. The Morgan fingerprint density at radius 3 is 2.30 bits per heavy atom. The fourth-order valence-corrected chi connectivity index (χ4v) is 3.26. The van der Waals surface area contributed by atoms with Crippen LogP contribution in [-0.4, -0.2) is 56.2 Å². The van der Waals surface area contributed by atoms with Crippen molar-refractivity contribution in [3.05, 3.63) is 64.2 Å². The van der Waals surface area contributed by atoms with E-state index in [9.17, 15) is 4.79 Å². The van der Waals surface area contributed by atoms with Crippen molar-refractivity contribution in [2.24, 2.45) is 4.99 Å². The monoisotopic (exact) mass is 408 g/mol. The standard InChI is InChI=1S/C24H32N4O2/c1-17-5-7-21(15-19(17)3)23(29)27-24(25-9-10-28-11-13-30-14-12-28)26-22-8-6-18(2)20(4)16-22/h5-8,15-16H,9-14H2,1-4H3,(H2,25,26,27,29). The van der Waals surface area contributed by atoms with E-state index in [1.54, 1.807) is 0 Å². The molecule has 0 aliphatic carbocycles. The molecule has 1 aliphatic heterocycles. The third kappa shape index (κ3) is 6.15. The minimum Gasteiger partial charge on any atom is -0.379 e. The highest BCUT2D eigenvalue weighted by Crippen LogP contribution is 2.14. The largest absolute Gasteiger partial charge is 0.379 e. The zero-order valence-corrected chi connectivity index (χ0v) is 18.4. The van der Waals surface area contributed by atoms with E-state index in [1.165, 1.54) is 16.7 Å². The Balaban J connectivity index is 1.72. The number of anilines is 1. The molecular formula is C24H32N4O2. The summed E-state index contributed by atoms with van der Waals surface area (Å²) in [7, 11) is 0. The summed E-state index contributed by atoms with van der Waals surface area (Å²) >= 11 is 0. The number of carbonyl (C=O) groups excluding carboxylic acids is 1. The predicted octanol–water partition coefficient (Wildman–Crippen LogP) is 3.45. The molecule has 0 bridgehead atoms. The Morgan fingerprint density at radius 2 is 1.63 bits per heavy atom. The highest BCUT2D eigenvalue weighted by Gasteiger charge is 2.12. The van der Waals surface area contributed by atoms with Crippen LogP contribution in [-0.2, 0) is 4.74 Å². The fourth-order valence-electron chi connectivity index (χ4n) is 3.26. The first-order valence-electron chi connectivity index (χ1n) is 10.5. The molecule has 1 heterocycles. The summed E-state index contributed by atoms with van der Waals surface area (Å²) in [5.74, 6) is 0.300. The van der Waals surface area contributed by atoms with Gasteiger partial charge in [-0.15, -0.1) is 0 Å². The van der Waals surface area contributed by atoms with Gasteiger partial charge in [-0.3, -0.25) is 20.0 Å². The summed E-state index contributed by atoms with van der Waals surface area (Å²) in [5.41, 5.74) is 6.21. The first kappa shape index (κ1) is 22.0. The molecule has 6 nitrogen and oxygen atoms in total. The molecule has 6 heteroatoms. The number of hydrogen-bond acceptors (Lipinski definition) is 4. The van der Waals surface area contributed by atoms with Gasteiger partial charge in [-0.1, -0.05) is 12.1 Å². The van der Waals surface area contributed by atoms with Crippen LogP contribution in [0.1, 0.15) is 32.6 Å². The van der Waals surface area contributed by atoms with Gasteiger partial charge >= 0.3 is 0 Å². The van der Waals surface area contributed by atoms with Crippen molar-refractivity contribution in [1.82, 2.24) is 10.2 Å². The van der Waals surface area contributed by atoms with Crippen LogP contribution in [0.2, 0.25) is 0 Å². The number of aryl methyl sites for hydroxylation is 4. The molecule has 160 valence electrons. The van der Waals surface area contributed by atoms with Gasteiger partial charge in [0.25, 0.3) is 5.91 Å². The SMILES string of the molecule is Cc1ccc(NC(=NCCN2CCOCC2)NC(=O)c2ccc(C)c(C)c2)cc1C. The molecule has 0 saturated carbocycles. The Bertz CT molecular complexity index is 917. The smallest absolute Gasteiger partial charge is 0.257 e. The van der Waals surface area contributed by atoms with Crippen molar-refractivity contribution >= 4 is 17.6 Å². The lowest BCUT2D eigenvalue weighted by Crippen LogP contribution is -2.39. The minimum atomic E-state index is -0.167. The topological polar surface area (TPSA) is 66.0 Å². The van der Waals surface area contributed by atoms with Gasteiger partial charge in [0.05, 0.1) is 19.8 Å². The van der Waals surface area contributed by atoms with Gasteiger partial charge in [0.1, 0.15) is 0 Å². The zero-order valence-electron chi connectivity index (χ0n) is 18.4. The maximum absolute atomic E-state index is 12.8. The number of rotatable bonds is 5. The molecule has 0 atom stereocenters. The zero-order chi connectivity index (χ0) is 21.5. The number of benzene rings is 2. The Kier molecular flexibility index (Phi) is 7.60. The lowest BCUT2D eigenvalue weighted by Gasteiger charge is -2.25. The average Bonchev–Trinajstić information content (AvgIpc) is 2.73. The summed E-state index contributed by atoms with van der Waals surface area (Å²) in [6, 6.07) is 11.9. The summed E-state index contributed by atoms with van der Waals surface area (Å²) in [6.45, 7) is 13.0. The molecule has 0 unspecified atom stereocenters. The molecule has 1 fully saturated rings. The van der Waals surface area contributed by atoms with E-state index >= 15 is 0 Å². The Labute approximate surface area is 179 Å². The molecule has 0 radical (unpaired) electrons. The maximum Gasteiger partial charge on any atom is 0.257 e. The average molecular weight is 409 g/mol. The Hall–Kier alpha value is -2.70. The quantitative estimate of drug-likeness (QED) is 0.587. The molecule has 30 heavy (non-hydrogen) atoms.